The quantitative estimate of drug-likeness (QED) is 0.415. The van der Waals surface area contributed by atoms with E-state index in [1.165, 1.54) is 25.7 Å². The number of rotatable bonds is 2. The molecule has 0 heterocycles. The average molecular weight is 425 g/mol. The summed E-state index contributed by atoms with van der Waals surface area (Å²) in [4.78, 5) is 0. The first-order valence-corrected chi connectivity index (χ1v) is 15.0. The van der Waals surface area contributed by atoms with Gasteiger partial charge in [0.15, 0.2) is 0 Å². The standard InChI is InChI=1S/C31H52/c1-18-13-28-20(3)24-11-7-5-9-22(24)15-30(28)26(18)17-27-19(2)14-29-21(4)25-12-8-6-10-23(25)16-31(27)29/h18-31H,5-17H2,1-4H3. The predicted molar refractivity (Wildman–Crippen MR) is 132 cm³/mol. The zero-order chi connectivity index (χ0) is 21.3. The van der Waals surface area contributed by atoms with Crippen molar-refractivity contribution in [2.45, 2.75) is 111 Å². The molecule has 6 aliphatic carbocycles. The first-order chi connectivity index (χ1) is 15.0. The van der Waals surface area contributed by atoms with Crippen molar-refractivity contribution in [1.82, 2.24) is 0 Å². The first kappa shape index (κ1) is 21.5. The molecule has 0 aromatic rings. The fraction of sp³-hybridized carbons (Fsp3) is 1.00. The molecule has 0 heteroatoms. The molecular formula is C31H52. The van der Waals surface area contributed by atoms with E-state index in [-0.39, 0.29) is 0 Å². The minimum Gasteiger partial charge on any atom is -0.0622 e. The lowest BCUT2D eigenvalue weighted by molar-refractivity contribution is 0.00211. The van der Waals surface area contributed by atoms with Gasteiger partial charge in [0.1, 0.15) is 0 Å². The number of hydrogen-bond donors (Lipinski definition) is 0. The molecule has 176 valence electrons. The highest BCUT2D eigenvalue weighted by Crippen LogP contribution is 2.63. The van der Waals surface area contributed by atoms with Crippen LogP contribution in [-0.2, 0) is 0 Å². The van der Waals surface area contributed by atoms with Crippen LogP contribution in [0.5, 0.6) is 0 Å². The van der Waals surface area contributed by atoms with E-state index in [2.05, 4.69) is 27.7 Å². The lowest BCUT2D eigenvalue weighted by atomic mass is 9.56. The molecule has 0 aliphatic heterocycles. The van der Waals surface area contributed by atoms with E-state index in [1.807, 2.05) is 0 Å². The van der Waals surface area contributed by atoms with Gasteiger partial charge in [0, 0.05) is 0 Å². The lowest BCUT2D eigenvalue weighted by Gasteiger charge is -2.49. The highest BCUT2D eigenvalue weighted by molar-refractivity contribution is 5.04. The first-order valence-electron chi connectivity index (χ1n) is 15.0. The molecule has 6 fully saturated rings. The highest BCUT2D eigenvalue weighted by Gasteiger charge is 2.55. The minimum atomic E-state index is 1.01. The molecule has 6 saturated carbocycles. The molecule has 0 saturated heterocycles. The van der Waals surface area contributed by atoms with Gasteiger partial charge >= 0.3 is 0 Å². The van der Waals surface area contributed by atoms with E-state index in [0.717, 1.165) is 82.9 Å². The molecule has 0 bridgehead atoms. The largest absolute Gasteiger partial charge is 0.0622 e. The molecule has 0 aromatic carbocycles. The van der Waals surface area contributed by atoms with Gasteiger partial charge in [0.2, 0.25) is 0 Å². The van der Waals surface area contributed by atoms with E-state index in [0.29, 0.717) is 0 Å². The SMILES string of the molecule is CC1CC2C(C)C3CCCCC3CC2C1CC1C(C)CC2C(C)C3CCCCC3CC12. The van der Waals surface area contributed by atoms with Crippen LogP contribution in [0.4, 0.5) is 0 Å². The van der Waals surface area contributed by atoms with Crippen molar-refractivity contribution in [3.8, 4) is 0 Å². The van der Waals surface area contributed by atoms with Crippen molar-refractivity contribution in [1.29, 1.82) is 0 Å². The Morgan fingerprint density at radius 1 is 0.452 bits per heavy atom. The van der Waals surface area contributed by atoms with Crippen LogP contribution in [0.1, 0.15) is 111 Å². The Balaban J connectivity index is 1.20. The van der Waals surface area contributed by atoms with Gasteiger partial charge in [0.05, 0.1) is 0 Å². The Morgan fingerprint density at radius 2 is 0.871 bits per heavy atom. The van der Waals surface area contributed by atoms with Crippen molar-refractivity contribution in [3.05, 3.63) is 0 Å². The molecule has 6 aliphatic rings. The Bertz CT molecular complexity index is 582. The summed E-state index contributed by atoms with van der Waals surface area (Å²) >= 11 is 0. The van der Waals surface area contributed by atoms with Gasteiger partial charge in [0.25, 0.3) is 0 Å². The molecule has 14 atom stereocenters. The van der Waals surface area contributed by atoms with Gasteiger partial charge in [-0.2, -0.15) is 0 Å². The van der Waals surface area contributed by atoms with Crippen LogP contribution in [0.2, 0.25) is 0 Å². The number of fused-ring (bicyclic) bond motifs is 4. The maximum Gasteiger partial charge on any atom is -0.0349 e. The van der Waals surface area contributed by atoms with Crippen LogP contribution in [0.3, 0.4) is 0 Å². The summed E-state index contributed by atoms with van der Waals surface area (Å²) in [6.07, 6.45) is 20.5. The molecular weight excluding hydrogens is 372 g/mol. The summed E-state index contributed by atoms with van der Waals surface area (Å²) in [5.74, 6) is 15.0. The molecule has 0 amide bonds. The van der Waals surface area contributed by atoms with Crippen molar-refractivity contribution in [2.75, 3.05) is 0 Å². The average Bonchev–Trinajstić information content (AvgIpc) is 3.26. The zero-order valence-corrected chi connectivity index (χ0v) is 21.3. The fourth-order valence-electron chi connectivity index (χ4n) is 11.9. The summed E-state index contributed by atoms with van der Waals surface area (Å²) < 4.78 is 0. The van der Waals surface area contributed by atoms with Crippen LogP contribution in [0.25, 0.3) is 0 Å². The highest BCUT2D eigenvalue weighted by atomic mass is 14.6. The Kier molecular flexibility index (Phi) is 5.79. The van der Waals surface area contributed by atoms with Gasteiger partial charge in [-0.15, -0.1) is 0 Å². The molecule has 31 heavy (non-hydrogen) atoms. The Morgan fingerprint density at radius 3 is 1.32 bits per heavy atom. The monoisotopic (exact) mass is 424 g/mol. The van der Waals surface area contributed by atoms with Crippen LogP contribution in [0.15, 0.2) is 0 Å². The maximum absolute atomic E-state index is 2.69. The van der Waals surface area contributed by atoms with Crippen LogP contribution >= 0.6 is 0 Å². The zero-order valence-electron chi connectivity index (χ0n) is 21.3. The van der Waals surface area contributed by atoms with Gasteiger partial charge in [-0.05, 0) is 128 Å². The molecule has 0 nitrogen and oxygen atoms in total. The van der Waals surface area contributed by atoms with Gasteiger partial charge in [-0.3, -0.25) is 0 Å². The van der Waals surface area contributed by atoms with E-state index in [9.17, 15) is 0 Å². The predicted octanol–water partition coefficient (Wildman–Crippen LogP) is 8.85. The molecule has 14 unspecified atom stereocenters. The maximum atomic E-state index is 2.69. The van der Waals surface area contributed by atoms with Crippen LogP contribution < -0.4 is 0 Å². The number of hydrogen-bond acceptors (Lipinski definition) is 0. The summed E-state index contributed by atoms with van der Waals surface area (Å²) in [6, 6.07) is 0. The van der Waals surface area contributed by atoms with Gasteiger partial charge in [-0.1, -0.05) is 66.2 Å². The fourth-order valence-corrected chi connectivity index (χ4v) is 11.9. The second kappa shape index (κ2) is 8.34. The van der Waals surface area contributed by atoms with Crippen molar-refractivity contribution in [2.24, 2.45) is 82.9 Å². The summed E-state index contributed by atoms with van der Waals surface area (Å²) in [6.45, 7) is 10.7. The topological polar surface area (TPSA) is 0 Å². The van der Waals surface area contributed by atoms with Crippen molar-refractivity contribution >= 4 is 0 Å². The Hall–Kier alpha value is 0. The van der Waals surface area contributed by atoms with Gasteiger partial charge < -0.3 is 0 Å². The summed E-state index contributed by atoms with van der Waals surface area (Å²) in [5.41, 5.74) is 0. The summed E-state index contributed by atoms with van der Waals surface area (Å²) in [7, 11) is 0. The van der Waals surface area contributed by atoms with E-state index < -0.39 is 0 Å². The third kappa shape index (κ3) is 3.50. The lowest BCUT2D eigenvalue weighted by Crippen LogP contribution is -2.41. The third-order valence-electron chi connectivity index (χ3n) is 13.3. The molecule has 0 spiro atoms. The molecule has 0 aromatic heterocycles. The van der Waals surface area contributed by atoms with E-state index >= 15 is 0 Å². The second-order valence-electron chi connectivity index (χ2n) is 14.3. The third-order valence-corrected chi connectivity index (χ3v) is 13.3. The summed E-state index contributed by atoms with van der Waals surface area (Å²) in [5, 5.41) is 0. The second-order valence-corrected chi connectivity index (χ2v) is 14.3. The molecule has 6 rings (SSSR count). The van der Waals surface area contributed by atoms with Crippen LogP contribution in [0, 0.1) is 82.9 Å². The van der Waals surface area contributed by atoms with Gasteiger partial charge in [-0.25, -0.2) is 0 Å². The minimum absolute atomic E-state index is 1.01. The van der Waals surface area contributed by atoms with Crippen molar-refractivity contribution < 1.29 is 0 Å². The smallest absolute Gasteiger partial charge is 0.0349 e. The molecule has 0 N–H and O–H groups in total. The molecule has 0 radical (unpaired) electrons. The van der Waals surface area contributed by atoms with E-state index in [1.54, 1.807) is 57.8 Å². The van der Waals surface area contributed by atoms with E-state index in [4.69, 9.17) is 0 Å². The normalized spacial score (nSPS) is 58.8. The Labute approximate surface area is 194 Å². The van der Waals surface area contributed by atoms with Crippen molar-refractivity contribution in [3.63, 3.8) is 0 Å². The van der Waals surface area contributed by atoms with Crippen LogP contribution in [-0.4, -0.2) is 0 Å².